The third-order valence-corrected chi connectivity index (χ3v) is 3.30. The van der Waals surface area contributed by atoms with Gasteiger partial charge in [0.05, 0.1) is 11.3 Å². The van der Waals surface area contributed by atoms with Crippen LogP contribution < -0.4 is 5.56 Å². The van der Waals surface area contributed by atoms with Crippen molar-refractivity contribution >= 4 is 5.97 Å². The summed E-state index contributed by atoms with van der Waals surface area (Å²) < 4.78 is 1.46. The van der Waals surface area contributed by atoms with E-state index < -0.39 is 5.97 Å². The number of carboxylic acids is 1. The Hall–Kier alpha value is -2.36. The molecule has 0 atom stereocenters. The maximum absolute atomic E-state index is 11.8. The van der Waals surface area contributed by atoms with Gasteiger partial charge in [-0.25, -0.2) is 4.79 Å². The Balaban J connectivity index is 2.51. The highest BCUT2D eigenvalue weighted by Gasteiger charge is 2.10. The predicted octanol–water partition coefficient (Wildman–Crippen LogP) is 2.70. The number of benzene rings is 1. The standard InChI is InChI=1S/C16H17NO3/c1-3-4-11-5-7-12(8-6-11)14-9-13(16(19)20)10-15(18)17(14)2/h5-10H,3-4H2,1-2H3,(H,19,20). The Kier molecular flexibility index (Phi) is 4.03. The van der Waals surface area contributed by atoms with Gasteiger partial charge in [0.25, 0.3) is 5.56 Å². The third-order valence-electron chi connectivity index (χ3n) is 3.30. The van der Waals surface area contributed by atoms with Gasteiger partial charge in [-0.3, -0.25) is 4.79 Å². The van der Waals surface area contributed by atoms with E-state index in [1.807, 2.05) is 24.3 Å². The first-order valence-corrected chi connectivity index (χ1v) is 6.56. The highest BCUT2D eigenvalue weighted by molar-refractivity contribution is 5.88. The number of hydrogen-bond acceptors (Lipinski definition) is 2. The van der Waals surface area contributed by atoms with Crippen molar-refractivity contribution in [3.05, 3.63) is 57.9 Å². The molecule has 0 radical (unpaired) electrons. The van der Waals surface area contributed by atoms with E-state index in [4.69, 9.17) is 5.11 Å². The van der Waals surface area contributed by atoms with Crippen molar-refractivity contribution in [3.8, 4) is 11.3 Å². The summed E-state index contributed by atoms with van der Waals surface area (Å²) in [5, 5.41) is 9.04. The molecular formula is C16H17NO3. The van der Waals surface area contributed by atoms with Crippen molar-refractivity contribution in [2.45, 2.75) is 19.8 Å². The third kappa shape index (κ3) is 2.79. The molecule has 2 aromatic rings. The van der Waals surface area contributed by atoms with Crippen LogP contribution in [0, 0.1) is 0 Å². The van der Waals surface area contributed by atoms with Crippen molar-refractivity contribution in [1.29, 1.82) is 0 Å². The van der Waals surface area contributed by atoms with Gasteiger partial charge in [0.1, 0.15) is 0 Å². The molecule has 0 aliphatic heterocycles. The first-order chi connectivity index (χ1) is 9.52. The lowest BCUT2D eigenvalue weighted by Crippen LogP contribution is -2.19. The highest BCUT2D eigenvalue weighted by atomic mass is 16.4. The van der Waals surface area contributed by atoms with Gasteiger partial charge < -0.3 is 9.67 Å². The van der Waals surface area contributed by atoms with E-state index >= 15 is 0 Å². The molecule has 1 aromatic heterocycles. The summed E-state index contributed by atoms with van der Waals surface area (Å²) in [6, 6.07) is 10.5. The van der Waals surface area contributed by atoms with Crippen LogP contribution in [0.2, 0.25) is 0 Å². The molecule has 1 aromatic carbocycles. The highest BCUT2D eigenvalue weighted by Crippen LogP contribution is 2.19. The molecule has 1 heterocycles. The summed E-state index contributed by atoms with van der Waals surface area (Å²) in [6.07, 6.45) is 2.08. The monoisotopic (exact) mass is 271 g/mol. The van der Waals surface area contributed by atoms with Crippen LogP contribution in [-0.2, 0) is 13.5 Å². The van der Waals surface area contributed by atoms with E-state index in [0.29, 0.717) is 5.69 Å². The van der Waals surface area contributed by atoms with Gasteiger partial charge in [-0.1, -0.05) is 37.6 Å². The zero-order valence-electron chi connectivity index (χ0n) is 11.6. The molecule has 2 rings (SSSR count). The molecule has 1 N–H and O–H groups in total. The summed E-state index contributed by atoms with van der Waals surface area (Å²) in [5.41, 5.74) is 2.37. The minimum Gasteiger partial charge on any atom is -0.478 e. The number of aromatic nitrogens is 1. The van der Waals surface area contributed by atoms with E-state index in [1.54, 1.807) is 7.05 Å². The normalized spacial score (nSPS) is 10.5. The van der Waals surface area contributed by atoms with Crippen LogP contribution in [0.5, 0.6) is 0 Å². The first-order valence-electron chi connectivity index (χ1n) is 6.56. The van der Waals surface area contributed by atoms with Crippen LogP contribution in [-0.4, -0.2) is 15.6 Å². The number of pyridine rings is 1. The second kappa shape index (κ2) is 5.74. The van der Waals surface area contributed by atoms with Crippen molar-refractivity contribution in [2.24, 2.45) is 7.05 Å². The van der Waals surface area contributed by atoms with E-state index in [2.05, 4.69) is 6.92 Å². The van der Waals surface area contributed by atoms with E-state index in [9.17, 15) is 9.59 Å². The zero-order valence-corrected chi connectivity index (χ0v) is 11.6. The van der Waals surface area contributed by atoms with Crippen LogP contribution in [0.4, 0.5) is 0 Å². The van der Waals surface area contributed by atoms with Crippen molar-refractivity contribution in [1.82, 2.24) is 4.57 Å². The lowest BCUT2D eigenvalue weighted by molar-refractivity contribution is 0.0696. The second-order valence-electron chi connectivity index (χ2n) is 4.78. The number of aryl methyl sites for hydroxylation is 1. The molecule has 0 spiro atoms. The predicted molar refractivity (Wildman–Crippen MR) is 78.1 cm³/mol. The quantitative estimate of drug-likeness (QED) is 0.930. The number of hydrogen-bond donors (Lipinski definition) is 1. The van der Waals surface area contributed by atoms with Gasteiger partial charge >= 0.3 is 5.97 Å². The summed E-state index contributed by atoms with van der Waals surface area (Å²) in [4.78, 5) is 22.8. The number of aromatic carboxylic acids is 1. The molecule has 0 bridgehead atoms. The Bertz CT molecular complexity index is 684. The van der Waals surface area contributed by atoms with Gasteiger partial charge in [0, 0.05) is 13.1 Å². The molecule has 104 valence electrons. The van der Waals surface area contributed by atoms with Crippen molar-refractivity contribution < 1.29 is 9.90 Å². The SMILES string of the molecule is CCCc1ccc(-c2cc(C(=O)O)cc(=O)n2C)cc1. The topological polar surface area (TPSA) is 59.3 Å². The Morgan fingerprint density at radius 2 is 1.85 bits per heavy atom. The molecule has 0 fully saturated rings. The number of carbonyl (C=O) groups is 1. The lowest BCUT2D eigenvalue weighted by Gasteiger charge is -2.10. The van der Waals surface area contributed by atoms with Gasteiger partial charge in [0.2, 0.25) is 0 Å². The molecular weight excluding hydrogens is 254 g/mol. The lowest BCUT2D eigenvalue weighted by atomic mass is 10.0. The molecule has 20 heavy (non-hydrogen) atoms. The minimum absolute atomic E-state index is 0.0146. The zero-order chi connectivity index (χ0) is 14.7. The fourth-order valence-electron chi connectivity index (χ4n) is 2.17. The molecule has 4 nitrogen and oxygen atoms in total. The van der Waals surface area contributed by atoms with Crippen LogP contribution >= 0.6 is 0 Å². The summed E-state index contributed by atoms with van der Waals surface area (Å²) in [5.74, 6) is -1.09. The van der Waals surface area contributed by atoms with Crippen LogP contribution in [0.1, 0.15) is 29.3 Å². The van der Waals surface area contributed by atoms with Gasteiger partial charge in [-0.2, -0.15) is 0 Å². The van der Waals surface area contributed by atoms with Gasteiger partial charge in [-0.05, 0) is 23.6 Å². The molecule has 0 amide bonds. The fourth-order valence-corrected chi connectivity index (χ4v) is 2.17. The first kappa shape index (κ1) is 14.1. The van der Waals surface area contributed by atoms with Gasteiger partial charge in [0.15, 0.2) is 0 Å². The molecule has 0 saturated carbocycles. The van der Waals surface area contributed by atoms with Crippen LogP contribution in [0.25, 0.3) is 11.3 Å². The Morgan fingerprint density at radius 3 is 2.40 bits per heavy atom. The Morgan fingerprint density at radius 1 is 1.20 bits per heavy atom. The van der Waals surface area contributed by atoms with Crippen molar-refractivity contribution in [2.75, 3.05) is 0 Å². The largest absolute Gasteiger partial charge is 0.478 e. The molecule has 0 unspecified atom stereocenters. The maximum atomic E-state index is 11.8. The average Bonchev–Trinajstić information content (AvgIpc) is 2.43. The number of nitrogens with zero attached hydrogens (tertiary/aromatic N) is 1. The second-order valence-corrected chi connectivity index (χ2v) is 4.78. The maximum Gasteiger partial charge on any atom is 0.335 e. The smallest absolute Gasteiger partial charge is 0.335 e. The molecule has 4 heteroatoms. The Labute approximate surface area is 117 Å². The van der Waals surface area contributed by atoms with Crippen LogP contribution in [0.15, 0.2) is 41.2 Å². The average molecular weight is 271 g/mol. The summed E-state index contributed by atoms with van der Waals surface area (Å²) in [7, 11) is 1.64. The fraction of sp³-hybridized carbons (Fsp3) is 0.250. The summed E-state index contributed by atoms with van der Waals surface area (Å²) >= 11 is 0. The number of carboxylic acid groups (broad SMARTS) is 1. The summed E-state index contributed by atoms with van der Waals surface area (Å²) in [6.45, 7) is 2.12. The van der Waals surface area contributed by atoms with E-state index in [1.165, 1.54) is 16.2 Å². The molecule has 0 aliphatic carbocycles. The number of rotatable bonds is 4. The van der Waals surface area contributed by atoms with Crippen LogP contribution in [0.3, 0.4) is 0 Å². The van der Waals surface area contributed by atoms with E-state index in [0.717, 1.165) is 24.5 Å². The van der Waals surface area contributed by atoms with Crippen molar-refractivity contribution in [3.63, 3.8) is 0 Å². The minimum atomic E-state index is -1.09. The molecule has 0 aliphatic rings. The van der Waals surface area contributed by atoms with Gasteiger partial charge in [-0.15, -0.1) is 0 Å². The molecule has 0 saturated heterocycles. The van der Waals surface area contributed by atoms with E-state index in [-0.39, 0.29) is 11.1 Å².